The molecule has 114 valence electrons. The molecule has 0 radical (unpaired) electrons. The lowest BCUT2D eigenvalue weighted by Gasteiger charge is -2.30. The molecule has 0 spiro atoms. The molecule has 0 N–H and O–H groups in total. The number of fused-ring (bicyclic) bond motifs is 3. The molecule has 0 fully saturated rings. The molecular formula is C20H13N3O. The van der Waals surface area contributed by atoms with Gasteiger partial charge < -0.3 is 0 Å². The third-order valence-corrected chi connectivity index (χ3v) is 4.15. The van der Waals surface area contributed by atoms with Crippen molar-refractivity contribution >= 4 is 28.6 Å². The number of carbonyl (C=O) groups is 1. The van der Waals surface area contributed by atoms with Gasteiger partial charge >= 0.3 is 0 Å². The molecule has 2 heterocycles. The van der Waals surface area contributed by atoms with Crippen LogP contribution in [0.1, 0.15) is 15.9 Å². The van der Waals surface area contributed by atoms with Crippen molar-refractivity contribution in [3.8, 4) is 6.07 Å². The van der Waals surface area contributed by atoms with E-state index in [1.165, 1.54) is 0 Å². The predicted molar refractivity (Wildman–Crippen MR) is 93.4 cm³/mol. The first kappa shape index (κ1) is 14.2. The quantitative estimate of drug-likeness (QED) is 0.687. The Morgan fingerprint density at radius 3 is 2.71 bits per heavy atom. The van der Waals surface area contributed by atoms with Crippen molar-refractivity contribution in [2.75, 3.05) is 4.90 Å². The van der Waals surface area contributed by atoms with E-state index >= 15 is 0 Å². The van der Waals surface area contributed by atoms with Crippen LogP contribution in [0.15, 0.2) is 66.9 Å². The molecule has 1 amide bonds. The van der Waals surface area contributed by atoms with Gasteiger partial charge in [0.2, 0.25) is 0 Å². The standard InChI is InChI=1S/C20H13N3O/c21-13-16-9-10-17-18(11-8-14-7-4-12-22-19(14)17)23(16)20(24)15-5-2-1-3-6-15/h1-12,16H. The number of benzene rings is 2. The molecule has 1 aliphatic heterocycles. The highest BCUT2D eigenvalue weighted by molar-refractivity contribution is 6.11. The summed E-state index contributed by atoms with van der Waals surface area (Å²) in [6.45, 7) is 0. The fraction of sp³-hybridized carbons (Fsp3) is 0.0500. The van der Waals surface area contributed by atoms with Crippen molar-refractivity contribution in [1.29, 1.82) is 5.26 Å². The second-order valence-corrected chi connectivity index (χ2v) is 5.55. The summed E-state index contributed by atoms with van der Waals surface area (Å²) in [4.78, 5) is 19.0. The summed E-state index contributed by atoms with van der Waals surface area (Å²) in [5.74, 6) is -0.192. The van der Waals surface area contributed by atoms with Gasteiger partial charge in [0, 0.05) is 22.7 Å². The molecule has 1 aliphatic rings. The second kappa shape index (κ2) is 5.64. The van der Waals surface area contributed by atoms with Crippen LogP contribution in [0.4, 0.5) is 5.69 Å². The van der Waals surface area contributed by atoms with Gasteiger partial charge in [-0.3, -0.25) is 14.7 Å². The topological polar surface area (TPSA) is 57.0 Å². The van der Waals surface area contributed by atoms with Gasteiger partial charge in [-0.25, -0.2) is 0 Å². The van der Waals surface area contributed by atoms with Gasteiger partial charge in [-0.05, 0) is 30.3 Å². The number of hydrogen-bond acceptors (Lipinski definition) is 3. The Morgan fingerprint density at radius 2 is 1.92 bits per heavy atom. The number of anilines is 1. The van der Waals surface area contributed by atoms with Crippen LogP contribution in [-0.4, -0.2) is 16.9 Å². The van der Waals surface area contributed by atoms with Gasteiger partial charge in [-0.15, -0.1) is 0 Å². The molecule has 4 rings (SSSR count). The Morgan fingerprint density at radius 1 is 1.08 bits per heavy atom. The van der Waals surface area contributed by atoms with E-state index in [1.807, 2.05) is 48.5 Å². The van der Waals surface area contributed by atoms with Gasteiger partial charge in [0.05, 0.1) is 17.3 Å². The lowest BCUT2D eigenvalue weighted by molar-refractivity contribution is 0.0985. The highest BCUT2D eigenvalue weighted by Gasteiger charge is 2.29. The summed E-state index contributed by atoms with van der Waals surface area (Å²) in [6.07, 6.45) is 5.36. The highest BCUT2D eigenvalue weighted by atomic mass is 16.2. The Balaban J connectivity index is 1.91. The molecule has 3 aromatic rings. The molecule has 2 aromatic carbocycles. The van der Waals surface area contributed by atoms with Crippen molar-refractivity contribution < 1.29 is 4.79 Å². The Kier molecular flexibility index (Phi) is 3.33. The minimum atomic E-state index is -0.633. The molecule has 4 heteroatoms. The molecule has 24 heavy (non-hydrogen) atoms. The largest absolute Gasteiger partial charge is 0.288 e. The van der Waals surface area contributed by atoms with Crippen LogP contribution in [0.25, 0.3) is 17.0 Å². The molecule has 1 unspecified atom stereocenters. The van der Waals surface area contributed by atoms with Crippen molar-refractivity contribution in [1.82, 2.24) is 4.98 Å². The first-order valence-electron chi connectivity index (χ1n) is 7.64. The van der Waals surface area contributed by atoms with E-state index in [4.69, 9.17) is 0 Å². The van der Waals surface area contributed by atoms with Gasteiger partial charge in [0.1, 0.15) is 6.04 Å². The number of rotatable bonds is 1. The van der Waals surface area contributed by atoms with Crippen LogP contribution in [0.5, 0.6) is 0 Å². The van der Waals surface area contributed by atoms with E-state index < -0.39 is 6.04 Å². The molecular weight excluding hydrogens is 298 g/mol. The zero-order chi connectivity index (χ0) is 16.5. The van der Waals surface area contributed by atoms with Crippen LogP contribution in [0.3, 0.4) is 0 Å². The number of amides is 1. The molecule has 0 saturated heterocycles. The van der Waals surface area contributed by atoms with Crippen molar-refractivity contribution in [3.63, 3.8) is 0 Å². The maximum Gasteiger partial charge on any atom is 0.259 e. The first-order valence-corrected chi connectivity index (χ1v) is 7.64. The summed E-state index contributed by atoms with van der Waals surface area (Å²) < 4.78 is 0. The molecule has 0 bridgehead atoms. The Labute approximate surface area is 139 Å². The summed E-state index contributed by atoms with van der Waals surface area (Å²) in [5.41, 5.74) is 2.96. The van der Waals surface area contributed by atoms with Crippen molar-refractivity contribution in [2.24, 2.45) is 0 Å². The third-order valence-electron chi connectivity index (χ3n) is 4.15. The van der Waals surface area contributed by atoms with E-state index in [2.05, 4.69) is 11.1 Å². The van der Waals surface area contributed by atoms with E-state index in [-0.39, 0.29) is 5.91 Å². The fourth-order valence-electron chi connectivity index (χ4n) is 3.01. The number of nitrogens with zero attached hydrogens (tertiary/aromatic N) is 3. The van der Waals surface area contributed by atoms with Crippen molar-refractivity contribution in [3.05, 3.63) is 78.0 Å². The molecule has 1 aromatic heterocycles. The number of carbonyl (C=O) groups excluding carboxylic acids is 1. The SMILES string of the molecule is N#CC1C=Cc2c(ccc3cccnc23)N1C(=O)c1ccccc1. The number of pyridine rings is 1. The Hall–Kier alpha value is -3.45. The normalized spacial score (nSPS) is 15.8. The third kappa shape index (κ3) is 2.15. The summed E-state index contributed by atoms with van der Waals surface area (Å²) in [7, 11) is 0. The Bertz CT molecular complexity index is 1000. The van der Waals surface area contributed by atoms with Crippen LogP contribution in [0, 0.1) is 11.3 Å². The van der Waals surface area contributed by atoms with Crippen molar-refractivity contribution in [2.45, 2.75) is 6.04 Å². The predicted octanol–water partition coefficient (Wildman–Crippen LogP) is 3.80. The monoisotopic (exact) mass is 311 g/mol. The zero-order valence-electron chi connectivity index (χ0n) is 12.8. The summed E-state index contributed by atoms with van der Waals surface area (Å²) in [5, 5.41) is 10.5. The number of aromatic nitrogens is 1. The lowest BCUT2D eigenvalue weighted by Crippen LogP contribution is -2.40. The number of hydrogen-bond donors (Lipinski definition) is 0. The van der Waals surface area contributed by atoms with E-state index in [9.17, 15) is 10.1 Å². The minimum Gasteiger partial charge on any atom is -0.288 e. The zero-order valence-corrected chi connectivity index (χ0v) is 12.8. The highest BCUT2D eigenvalue weighted by Crippen LogP contribution is 2.34. The molecule has 0 saturated carbocycles. The molecule has 4 nitrogen and oxygen atoms in total. The molecule has 0 aliphatic carbocycles. The average molecular weight is 311 g/mol. The van der Waals surface area contributed by atoms with Crippen LogP contribution < -0.4 is 4.90 Å². The maximum absolute atomic E-state index is 13.0. The van der Waals surface area contributed by atoms with Crippen LogP contribution in [0.2, 0.25) is 0 Å². The fourth-order valence-corrected chi connectivity index (χ4v) is 3.01. The van der Waals surface area contributed by atoms with Gasteiger partial charge in [-0.2, -0.15) is 5.26 Å². The van der Waals surface area contributed by atoms with E-state index in [1.54, 1.807) is 29.3 Å². The van der Waals surface area contributed by atoms with Gasteiger partial charge in [0.15, 0.2) is 0 Å². The lowest BCUT2D eigenvalue weighted by atomic mass is 9.99. The van der Waals surface area contributed by atoms with Gasteiger partial charge in [-0.1, -0.05) is 36.4 Å². The number of nitriles is 1. The molecule has 1 atom stereocenters. The van der Waals surface area contributed by atoms with Gasteiger partial charge in [0.25, 0.3) is 5.91 Å². The first-order chi connectivity index (χ1) is 11.8. The average Bonchev–Trinajstić information content (AvgIpc) is 2.67. The summed E-state index contributed by atoms with van der Waals surface area (Å²) >= 11 is 0. The smallest absolute Gasteiger partial charge is 0.259 e. The van der Waals surface area contributed by atoms with E-state index in [0.29, 0.717) is 11.3 Å². The second-order valence-electron chi connectivity index (χ2n) is 5.55. The van der Waals surface area contributed by atoms with Crippen LogP contribution in [-0.2, 0) is 0 Å². The maximum atomic E-state index is 13.0. The minimum absolute atomic E-state index is 0.192. The summed E-state index contributed by atoms with van der Waals surface area (Å²) in [6, 6.07) is 18.2. The van der Waals surface area contributed by atoms with Crippen LogP contribution >= 0.6 is 0 Å². The van der Waals surface area contributed by atoms with E-state index in [0.717, 1.165) is 16.5 Å².